The minimum atomic E-state index is -0.725. The van der Waals surface area contributed by atoms with Crippen LogP contribution in [0.2, 0.25) is 0 Å². The Hall–Kier alpha value is -0.180. The fraction of sp³-hybridized carbons (Fsp3) is 1.00. The maximum Gasteiger partial charge on any atom is 0.115 e. The van der Waals surface area contributed by atoms with Crippen molar-refractivity contribution in [2.24, 2.45) is 0 Å². The van der Waals surface area contributed by atoms with Crippen molar-refractivity contribution in [1.82, 2.24) is 4.90 Å². The van der Waals surface area contributed by atoms with Crippen molar-refractivity contribution >= 4 is 0 Å². The van der Waals surface area contributed by atoms with Crippen LogP contribution in [0.4, 0.5) is 8.78 Å². The van der Waals surface area contributed by atoms with E-state index in [1.54, 1.807) is 0 Å². The summed E-state index contributed by atoms with van der Waals surface area (Å²) in [5.41, 5.74) is -0.126. The molecule has 0 radical (unpaired) electrons. The highest BCUT2D eigenvalue weighted by Crippen LogP contribution is 2.43. The molecule has 2 aliphatic rings. The molecule has 0 bridgehead atoms. The van der Waals surface area contributed by atoms with Crippen molar-refractivity contribution in [2.45, 2.75) is 44.1 Å². The van der Waals surface area contributed by atoms with Gasteiger partial charge in [-0.05, 0) is 19.3 Å². The van der Waals surface area contributed by atoms with E-state index in [0.717, 1.165) is 6.42 Å². The second-order valence-electron chi connectivity index (χ2n) is 4.09. The highest BCUT2D eigenvalue weighted by molar-refractivity contribution is 5.05. The van der Waals surface area contributed by atoms with Gasteiger partial charge in [-0.1, -0.05) is 6.92 Å². The zero-order chi connectivity index (χ0) is 8.77. The summed E-state index contributed by atoms with van der Waals surface area (Å²) in [7, 11) is 0. The zero-order valence-corrected chi connectivity index (χ0v) is 7.39. The molecule has 0 aliphatic carbocycles. The molecule has 2 fully saturated rings. The molecule has 70 valence electrons. The highest BCUT2D eigenvalue weighted by Gasteiger charge is 2.50. The monoisotopic (exact) mass is 175 g/mol. The first-order valence-corrected chi connectivity index (χ1v) is 4.69. The van der Waals surface area contributed by atoms with Gasteiger partial charge in [0.15, 0.2) is 0 Å². The Morgan fingerprint density at radius 3 is 2.08 bits per heavy atom. The van der Waals surface area contributed by atoms with Gasteiger partial charge >= 0.3 is 0 Å². The van der Waals surface area contributed by atoms with E-state index in [0.29, 0.717) is 25.9 Å². The quantitative estimate of drug-likeness (QED) is 0.588. The Morgan fingerprint density at radius 2 is 1.75 bits per heavy atom. The number of nitrogens with zero attached hydrogens (tertiary/aromatic N) is 1. The average molecular weight is 175 g/mol. The number of halogens is 2. The minimum Gasteiger partial charge on any atom is -0.292 e. The predicted molar refractivity (Wildman–Crippen MR) is 43.6 cm³/mol. The van der Waals surface area contributed by atoms with Crippen LogP contribution in [0.15, 0.2) is 0 Å². The van der Waals surface area contributed by atoms with Crippen molar-refractivity contribution in [3.8, 4) is 0 Å². The molecule has 0 saturated carbocycles. The molecule has 2 saturated heterocycles. The molecular formula is C9H15F2N. The Morgan fingerprint density at radius 1 is 1.25 bits per heavy atom. The smallest absolute Gasteiger partial charge is 0.115 e. The third-order valence-electron chi connectivity index (χ3n) is 3.37. The van der Waals surface area contributed by atoms with Gasteiger partial charge in [0.1, 0.15) is 12.3 Å². The van der Waals surface area contributed by atoms with Crippen LogP contribution in [0.1, 0.15) is 26.2 Å². The third-order valence-corrected chi connectivity index (χ3v) is 3.37. The van der Waals surface area contributed by atoms with Gasteiger partial charge in [0, 0.05) is 18.6 Å². The van der Waals surface area contributed by atoms with Crippen LogP contribution in [0.5, 0.6) is 0 Å². The van der Waals surface area contributed by atoms with Crippen LogP contribution >= 0.6 is 0 Å². The lowest BCUT2D eigenvalue weighted by Crippen LogP contribution is -2.37. The first-order chi connectivity index (χ1) is 5.66. The summed E-state index contributed by atoms with van der Waals surface area (Å²) in [6, 6.07) is 0. The molecule has 12 heavy (non-hydrogen) atoms. The highest BCUT2D eigenvalue weighted by atomic mass is 19.1. The van der Waals surface area contributed by atoms with Gasteiger partial charge in [-0.3, -0.25) is 4.90 Å². The van der Waals surface area contributed by atoms with Crippen LogP contribution in [-0.4, -0.2) is 35.9 Å². The van der Waals surface area contributed by atoms with E-state index in [4.69, 9.17) is 0 Å². The lowest BCUT2D eigenvalue weighted by atomic mass is 9.90. The van der Waals surface area contributed by atoms with Gasteiger partial charge in [0.05, 0.1) is 0 Å². The first kappa shape index (κ1) is 8.42. The van der Waals surface area contributed by atoms with Crippen molar-refractivity contribution in [1.29, 1.82) is 0 Å². The van der Waals surface area contributed by atoms with Crippen LogP contribution in [0.25, 0.3) is 0 Å². The summed E-state index contributed by atoms with van der Waals surface area (Å²) < 4.78 is 26.1. The van der Waals surface area contributed by atoms with Crippen molar-refractivity contribution in [3.05, 3.63) is 0 Å². The van der Waals surface area contributed by atoms with Crippen LogP contribution < -0.4 is 0 Å². The summed E-state index contributed by atoms with van der Waals surface area (Å²) in [6.45, 7) is 2.94. The average Bonchev–Trinajstić information content (AvgIpc) is 2.40. The second-order valence-corrected chi connectivity index (χ2v) is 4.09. The van der Waals surface area contributed by atoms with E-state index in [-0.39, 0.29) is 5.54 Å². The lowest BCUT2D eigenvalue weighted by molar-refractivity contribution is 0.189. The predicted octanol–water partition coefficient (Wildman–Crippen LogP) is 1.92. The summed E-state index contributed by atoms with van der Waals surface area (Å²) in [5.74, 6) is 0. The standard InChI is InChI=1S/C9H15F2N/c1-2-9-3-7(10)5-12(9)6-8(11)4-9/h7-8H,2-6H2,1H3. The summed E-state index contributed by atoms with van der Waals surface area (Å²) in [6.07, 6.45) is 0.525. The Bertz CT molecular complexity index is 169. The normalized spacial score (nSPS) is 48.2. The third kappa shape index (κ3) is 1.06. The lowest BCUT2D eigenvalue weighted by Gasteiger charge is -2.29. The molecule has 0 aromatic carbocycles. The molecule has 0 spiro atoms. The molecule has 3 heteroatoms. The maximum absolute atomic E-state index is 13.0. The number of rotatable bonds is 1. The van der Waals surface area contributed by atoms with Gasteiger partial charge in [-0.15, -0.1) is 0 Å². The Balaban J connectivity index is 2.16. The molecule has 2 unspecified atom stereocenters. The van der Waals surface area contributed by atoms with Gasteiger partial charge in [0.2, 0.25) is 0 Å². The molecule has 2 rings (SSSR count). The fourth-order valence-electron chi connectivity index (χ4n) is 2.75. The van der Waals surface area contributed by atoms with E-state index in [2.05, 4.69) is 0 Å². The van der Waals surface area contributed by atoms with Gasteiger partial charge in [-0.25, -0.2) is 8.78 Å². The van der Waals surface area contributed by atoms with Crippen molar-refractivity contribution in [3.63, 3.8) is 0 Å². The number of hydrogen-bond acceptors (Lipinski definition) is 1. The minimum absolute atomic E-state index is 0.126. The van der Waals surface area contributed by atoms with E-state index in [1.165, 1.54) is 0 Å². The topological polar surface area (TPSA) is 3.24 Å². The number of fused-ring (bicyclic) bond motifs is 1. The fourth-order valence-corrected chi connectivity index (χ4v) is 2.75. The largest absolute Gasteiger partial charge is 0.292 e. The molecule has 2 aliphatic heterocycles. The summed E-state index contributed by atoms with van der Waals surface area (Å²) in [4.78, 5) is 2.00. The van der Waals surface area contributed by atoms with Crippen LogP contribution in [0, 0.1) is 0 Å². The van der Waals surface area contributed by atoms with E-state index in [1.807, 2.05) is 11.8 Å². The Kier molecular flexibility index (Phi) is 1.86. The van der Waals surface area contributed by atoms with Crippen molar-refractivity contribution in [2.75, 3.05) is 13.1 Å². The van der Waals surface area contributed by atoms with Gasteiger partial charge in [0.25, 0.3) is 0 Å². The number of alkyl halides is 2. The molecular weight excluding hydrogens is 160 g/mol. The Labute approximate surface area is 71.7 Å². The SMILES string of the molecule is CCC12CC(F)CN1CC(F)C2. The first-order valence-electron chi connectivity index (χ1n) is 4.69. The molecule has 0 amide bonds. The van der Waals surface area contributed by atoms with Gasteiger partial charge < -0.3 is 0 Å². The van der Waals surface area contributed by atoms with Crippen LogP contribution in [-0.2, 0) is 0 Å². The van der Waals surface area contributed by atoms with E-state index >= 15 is 0 Å². The maximum atomic E-state index is 13.0. The molecule has 1 nitrogen and oxygen atoms in total. The molecule has 0 N–H and O–H groups in total. The van der Waals surface area contributed by atoms with E-state index in [9.17, 15) is 8.78 Å². The van der Waals surface area contributed by atoms with Gasteiger partial charge in [-0.2, -0.15) is 0 Å². The molecule has 2 heterocycles. The molecule has 2 atom stereocenters. The number of hydrogen-bond donors (Lipinski definition) is 0. The summed E-state index contributed by atoms with van der Waals surface area (Å²) in [5, 5.41) is 0. The molecule has 0 aromatic rings. The van der Waals surface area contributed by atoms with Crippen molar-refractivity contribution < 1.29 is 8.78 Å². The summed E-state index contributed by atoms with van der Waals surface area (Å²) >= 11 is 0. The molecule has 0 aromatic heterocycles. The van der Waals surface area contributed by atoms with E-state index < -0.39 is 12.3 Å². The zero-order valence-electron chi connectivity index (χ0n) is 7.39. The van der Waals surface area contributed by atoms with Crippen LogP contribution in [0.3, 0.4) is 0 Å². The second kappa shape index (κ2) is 2.66.